The summed E-state index contributed by atoms with van der Waals surface area (Å²) in [6.45, 7) is 7.75. The van der Waals surface area contributed by atoms with E-state index in [1.165, 1.54) is 7.11 Å². The topological polar surface area (TPSA) is 81.4 Å². The van der Waals surface area contributed by atoms with Crippen molar-refractivity contribution in [2.45, 2.75) is 52.6 Å². The lowest BCUT2D eigenvalue weighted by Crippen LogP contribution is -2.53. The minimum absolute atomic E-state index is 0.0190. The molecule has 0 aromatic heterocycles. The molecule has 0 aromatic rings. The highest BCUT2D eigenvalue weighted by Gasteiger charge is 2.29. The van der Waals surface area contributed by atoms with E-state index in [0.29, 0.717) is 0 Å². The minimum atomic E-state index is -0.623. The van der Waals surface area contributed by atoms with Gasteiger partial charge in [0.05, 0.1) is 13.2 Å². The van der Waals surface area contributed by atoms with Gasteiger partial charge in [-0.25, -0.2) is 4.79 Å². The van der Waals surface area contributed by atoms with Gasteiger partial charge in [0.2, 0.25) is 5.91 Å². The van der Waals surface area contributed by atoms with Crippen molar-refractivity contribution in [3.63, 3.8) is 0 Å². The predicted octanol–water partition coefficient (Wildman–Crippen LogP) is 1.06. The first-order valence-electron chi connectivity index (χ1n) is 6.52. The van der Waals surface area contributed by atoms with Crippen molar-refractivity contribution >= 4 is 11.9 Å². The van der Waals surface area contributed by atoms with Crippen LogP contribution in [0, 0.1) is 11.8 Å². The fourth-order valence-electron chi connectivity index (χ4n) is 1.56. The van der Waals surface area contributed by atoms with E-state index in [1.807, 2.05) is 27.7 Å². The first kappa shape index (κ1) is 16.9. The standard InChI is InChI=1S/C13H26N2O3/c1-6-8(3)10(14)12(16)15-11(9(4)7-2)13(17)18-5/h8-11H,6-7,14H2,1-5H3,(H,15,16)/t8-,9-,10-,11-/m0/s1. The summed E-state index contributed by atoms with van der Waals surface area (Å²) >= 11 is 0. The van der Waals surface area contributed by atoms with Crippen LogP contribution < -0.4 is 11.1 Å². The molecule has 18 heavy (non-hydrogen) atoms. The highest BCUT2D eigenvalue weighted by molar-refractivity contribution is 5.87. The van der Waals surface area contributed by atoms with Crippen LogP contribution in [-0.2, 0) is 14.3 Å². The number of nitrogens with one attached hydrogen (secondary N) is 1. The summed E-state index contributed by atoms with van der Waals surface area (Å²) in [5.41, 5.74) is 5.84. The normalized spacial score (nSPS) is 17.4. The largest absolute Gasteiger partial charge is 0.467 e. The fraction of sp³-hybridized carbons (Fsp3) is 0.846. The second-order valence-electron chi connectivity index (χ2n) is 4.81. The van der Waals surface area contributed by atoms with Crippen LogP contribution in [0.25, 0.3) is 0 Å². The Morgan fingerprint density at radius 1 is 1.17 bits per heavy atom. The second-order valence-corrected chi connectivity index (χ2v) is 4.81. The van der Waals surface area contributed by atoms with Crippen LogP contribution in [0.2, 0.25) is 0 Å². The van der Waals surface area contributed by atoms with Crippen molar-refractivity contribution in [3.8, 4) is 0 Å². The summed E-state index contributed by atoms with van der Waals surface area (Å²) < 4.78 is 4.71. The first-order valence-corrected chi connectivity index (χ1v) is 6.52. The van der Waals surface area contributed by atoms with E-state index in [2.05, 4.69) is 5.32 Å². The lowest BCUT2D eigenvalue weighted by atomic mass is 9.96. The van der Waals surface area contributed by atoms with Crippen LogP contribution in [0.3, 0.4) is 0 Å². The van der Waals surface area contributed by atoms with Crippen molar-refractivity contribution in [1.82, 2.24) is 5.32 Å². The molecular formula is C13H26N2O3. The number of hydrogen-bond donors (Lipinski definition) is 2. The Kier molecular flexibility index (Phi) is 7.59. The molecule has 5 nitrogen and oxygen atoms in total. The number of carbonyl (C=O) groups is 2. The maximum Gasteiger partial charge on any atom is 0.328 e. The molecular weight excluding hydrogens is 232 g/mol. The molecule has 0 saturated carbocycles. The van der Waals surface area contributed by atoms with Crippen LogP contribution >= 0.6 is 0 Å². The number of methoxy groups -OCH3 is 1. The van der Waals surface area contributed by atoms with Crippen molar-refractivity contribution < 1.29 is 14.3 Å². The Morgan fingerprint density at radius 3 is 2.06 bits per heavy atom. The number of ether oxygens (including phenoxy) is 1. The van der Waals surface area contributed by atoms with Gasteiger partial charge in [-0.1, -0.05) is 40.5 Å². The smallest absolute Gasteiger partial charge is 0.328 e. The van der Waals surface area contributed by atoms with E-state index in [9.17, 15) is 9.59 Å². The van der Waals surface area contributed by atoms with Crippen LogP contribution in [0.1, 0.15) is 40.5 Å². The number of amides is 1. The van der Waals surface area contributed by atoms with Crippen LogP contribution in [0.15, 0.2) is 0 Å². The third kappa shape index (κ3) is 4.64. The Morgan fingerprint density at radius 2 is 1.67 bits per heavy atom. The van der Waals surface area contributed by atoms with E-state index in [4.69, 9.17) is 10.5 Å². The molecule has 0 fully saturated rings. The van der Waals surface area contributed by atoms with E-state index in [-0.39, 0.29) is 17.7 Å². The number of esters is 1. The zero-order valence-electron chi connectivity index (χ0n) is 12.0. The van der Waals surface area contributed by atoms with E-state index < -0.39 is 18.1 Å². The predicted molar refractivity (Wildman–Crippen MR) is 70.8 cm³/mol. The highest BCUT2D eigenvalue weighted by atomic mass is 16.5. The Hall–Kier alpha value is -1.10. The van der Waals surface area contributed by atoms with Gasteiger partial charge >= 0.3 is 5.97 Å². The minimum Gasteiger partial charge on any atom is -0.467 e. The Balaban J connectivity index is 4.68. The van der Waals surface area contributed by atoms with Crippen LogP contribution in [0.5, 0.6) is 0 Å². The quantitative estimate of drug-likeness (QED) is 0.669. The monoisotopic (exact) mass is 258 g/mol. The number of rotatable bonds is 7. The molecule has 0 unspecified atom stereocenters. The molecule has 0 rings (SSSR count). The molecule has 4 atom stereocenters. The molecule has 0 spiro atoms. The van der Waals surface area contributed by atoms with E-state index >= 15 is 0 Å². The van der Waals surface area contributed by atoms with E-state index in [1.54, 1.807) is 0 Å². The highest BCUT2D eigenvalue weighted by Crippen LogP contribution is 2.11. The molecule has 0 saturated heterocycles. The van der Waals surface area contributed by atoms with Crippen molar-refractivity contribution in [2.75, 3.05) is 7.11 Å². The third-order valence-electron chi connectivity index (χ3n) is 3.53. The summed E-state index contributed by atoms with van der Waals surface area (Å²) in [4.78, 5) is 23.6. The molecule has 3 N–H and O–H groups in total. The molecule has 1 amide bonds. The summed E-state index contributed by atoms with van der Waals surface area (Å²) in [7, 11) is 1.32. The number of nitrogens with two attached hydrogens (primary N) is 1. The zero-order valence-corrected chi connectivity index (χ0v) is 12.0. The van der Waals surface area contributed by atoms with Gasteiger partial charge in [-0.15, -0.1) is 0 Å². The summed E-state index contributed by atoms with van der Waals surface area (Å²) in [6.07, 6.45) is 1.60. The molecule has 106 valence electrons. The average Bonchev–Trinajstić information content (AvgIpc) is 2.40. The van der Waals surface area contributed by atoms with Gasteiger partial charge in [0, 0.05) is 0 Å². The lowest BCUT2D eigenvalue weighted by Gasteiger charge is -2.25. The summed E-state index contributed by atoms with van der Waals surface area (Å²) in [6, 6.07) is -1.21. The zero-order chi connectivity index (χ0) is 14.3. The fourth-order valence-corrected chi connectivity index (χ4v) is 1.56. The van der Waals surface area contributed by atoms with Gasteiger partial charge in [0.1, 0.15) is 6.04 Å². The maximum atomic E-state index is 12.0. The maximum absolute atomic E-state index is 12.0. The second kappa shape index (κ2) is 8.08. The molecule has 5 heteroatoms. The van der Waals surface area contributed by atoms with Gasteiger partial charge in [0.15, 0.2) is 0 Å². The van der Waals surface area contributed by atoms with Crippen molar-refractivity contribution in [1.29, 1.82) is 0 Å². The molecule has 0 aromatic carbocycles. The third-order valence-corrected chi connectivity index (χ3v) is 3.53. The number of hydrogen-bond acceptors (Lipinski definition) is 4. The van der Waals surface area contributed by atoms with E-state index in [0.717, 1.165) is 12.8 Å². The van der Waals surface area contributed by atoms with Gasteiger partial charge in [0.25, 0.3) is 0 Å². The molecule has 0 aliphatic heterocycles. The molecule has 0 heterocycles. The van der Waals surface area contributed by atoms with Crippen LogP contribution in [-0.4, -0.2) is 31.1 Å². The van der Waals surface area contributed by atoms with Gasteiger partial charge < -0.3 is 15.8 Å². The number of carbonyl (C=O) groups excluding carboxylic acids is 2. The van der Waals surface area contributed by atoms with Gasteiger partial charge in [-0.05, 0) is 11.8 Å². The SMILES string of the molecule is CC[C@H](C)[C@H](N)C(=O)N[C@H](C(=O)OC)[C@@H](C)CC. The molecule has 0 aliphatic carbocycles. The van der Waals surface area contributed by atoms with Gasteiger partial charge in [-0.2, -0.15) is 0 Å². The summed E-state index contributed by atoms with van der Waals surface area (Å²) in [5, 5.41) is 2.69. The van der Waals surface area contributed by atoms with Gasteiger partial charge in [-0.3, -0.25) is 4.79 Å². The van der Waals surface area contributed by atoms with Crippen molar-refractivity contribution in [2.24, 2.45) is 17.6 Å². The first-order chi connectivity index (χ1) is 8.38. The Bertz CT molecular complexity index is 281. The summed E-state index contributed by atoms with van der Waals surface area (Å²) in [5.74, 6) is -0.611. The average molecular weight is 258 g/mol. The Labute approximate surface area is 109 Å². The molecule has 0 radical (unpaired) electrons. The molecule has 0 aliphatic rings. The van der Waals surface area contributed by atoms with Crippen LogP contribution in [0.4, 0.5) is 0 Å². The van der Waals surface area contributed by atoms with Crippen molar-refractivity contribution in [3.05, 3.63) is 0 Å². The lowest BCUT2D eigenvalue weighted by molar-refractivity contribution is -0.146. The molecule has 0 bridgehead atoms.